The molecule has 0 aliphatic carbocycles. The first kappa shape index (κ1) is 28.5. The van der Waals surface area contributed by atoms with Crippen LogP contribution in [0.2, 0.25) is 0 Å². The number of rotatable bonds is 6. The summed E-state index contributed by atoms with van der Waals surface area (Å²) in [6, 6.07) is 7.10. The van der Waals surface area contributed by atoms with Crippen molar-refractivity contribution in [3.8, 4) is 0 Å². The van der Waals surface area contributed by atoms with Gasteiger partial charge in [-0.25, -0.2) is 14.4 Å². The molecule has 2 aliphatic heterocycles. The van der Waals surface area contributed by atoms with Crippen molar-refractivity contribution >= 4 is 18.0 Å². The van der Waals surface area contributed by atoms with Gasteiger partial charge in [0.15, 0.2) is 0 Å². The van der Waals surface area contributed by atoms with Crippen LogP contribution in [0.25, 0.3) is 0 Å². The molecule has 9 heteroatoms. The van der Waals surface area contributed by atoms with Gasteiger partial charge in [-0.1, -0.05) is 38.1 Å². The molecule has 1 fully saturated rings. The second kappa shape index (κ2) is 12.0. The molecule has 1 saturated heterocycles. The van der Waals surface area contributed by atoms with E-state index in [0.717, 1.165) is 18.5 Å². The van der Waals surface area contributed by atoms with E-state index < -0.39 is 12.0 Å². The zero-order valence-electron chi connectivity index (χ0n) is 23.4. The Morgan fingerprint density at radius 1 is 1.11 bits per heavy atom. The fraction of sp³-hybridized carbons (Fsp3) is 0.607. The van der Waals surface area contributed by atoms with Gasteiger partial charge in [0, 0.05) is 51.0 Å². The molecule has 0 spiro atoms. The largest absolute Gasteiger partial charge is 0.463 e. The van der Waals surface area contributed by atoms with Gasteiger partial charge in [-0.3, -0.25) is 9.80 Å². The summed E-state index contributed by atoms with van der Waals surface area (Å²) in [5.74, 6) is -0.0480. The number of carbonyl (C=O) groups is 3. The zero-order chi connectivity index (χ0) is 27.3. The Kier molecular flexibility index (Phi) is 9.23. The molecule has 1 aromatic rings. The minimum atomic E-state index is -0.597. The highest BCUT2D eigenvalue weighted by atomic mass is 16.5. The molecular formula is C28H43N5O4. The molecular weight excluding hydrogens is 470 g/mol. The van der Waals surface area contributed by atoms with Crippen molar-refractivity contribution in [3.63, 3.8) is 0 Å². The number of amides is 4. The van der Waals surface area contributed by atoms with Crippen LogP contribution in [0.15, 0.2) is 35.5 Å². The van der Waals surface area contributed by atoms with E-state index in [2.05, 4.69) is 29.4 Å². The number of nitrogens with zero attached hydrogens (tertiary/aromatic N) is 3. The molecule has 2 heterocycles. The van der Waals surface area contributed by atoms with Crippen LogP contribution in [0.1, 0.15) is 71.0 Å². The van der Waals surface area contributed by atoms with E-state index in [1.807, 2.05) is 49.9 Å². The average Bonchev–Trinajstić information content (AvgIpc) is 3.06. The molecule has 37 heavy (non-hydrogen) atoms. The van der Waals surface area contributed by atoms with Crippen LogP contribution in [0.5, 0.6) is 0 Å². The molecule has 3 rings (SSSR count). The fourth-order valence-corrected chi connectivity index (χ4v) is 4.67. The summed E-state index contributed by atoms with van der Waals surface area (Å²) in [5.41, 5.74) is 2.81. The molecule has 0 saturated carbocycles. The first-order valence-electron chi connectivity index (χ1n) is 13.2. The van der Waals surface area contributed by atoms with Crippen LogP contribution in [-0.2, 0) is 9.53 Å². The van der Waals surface area contributed by atoms with Crippen LogP contribution in [0.3, 0.4) is 0 Å². The SMILES string of the molecule is CCOC(=O)C1=C(CN2CCCN(C(=O)NC(C)(C)C)CC2)N(C)C(=O)N[C@H]1c1ccc(C(C)C)cc1. The van der Waals surface area contributed by atoms with E-state index in [1.165, 1.54) is 10.5 Å². The van der Waals surface area contributed by atoms with Gasteiger partial charge in [-0.2, -0.15) is 0 Å². The smallest absolute Gasteiger partial charge is 0.338 e. The van der Waals surface area contributed by atoms with Crippen molar-refractivity contribution in [1.82, 2.24) is 25.3 Å². The lowest BCUT2D eigenvalue weighted by atomic mass is 9.92. The van der Waals surface area contributed by atoms with Gasteiger partial charge < -0.3 is 20.3 Å². The summed E-state index contributed by atoms with van der Waals surface area (Å²) in [6.45, 7) is 15.2. The number of esters is 1. The lowest BCUT2D eigenvalue weighted by Gasteiger charge is -2.36. The maximum atomic E-state index is 13.3. The second-order valence-corrected chi connectivity index (χ2v) is 11.1. The number of carbonyl (C=O) groups excluding carboxylic acids is 3. The molecule has 4 amide bonds. The van der Waals surface area contributed by atoms with Crippen LogP contribution in [-0.4, -0.2) is 84.6 Å². The highest BCUT2D eigenvalue weighted by Crippen LogP contribution is 2.32. The minimum absolute atomic E-state index is 0.0696. The Morgan fingerprint density at radius 3 is 2.38 bits per heavy atom. The average molecular weight is 514 g/mol. The van der Waals surface area contributed by atoms with Gasteiger partial charge in [0.05, 0.1) is 18.2 Å². The maximum Gasteiger partial charge on any atom is 0.338 e. The Morgan fingerprint density at radius 2 is 1.78 bits per heavy atom. The van der Waals surface area contributed by atoms with Crippen LogP contribution < -0.4 is 10.6 Å². The fourth-order valence-electron chi connectivity index (χ4n) is 4.67. The third-order valence-corrected chi connectivity index (χ3v) is 6.74. The lowest BCUT2D eigenvalue weighted by molar-refractivity contribution is -0.139. The lowest BCUT2D eigenvalue weighted by Crippen LogP contribution is -2.50. The van der Waals surface area contributed by atoms with Crippen molar-refractivity contribution in [2.75, 3.05) is 46.4 Å². The third kappa shape index (κ3) is 7.25. The summed E-state index contributed by atoms with van der Waals surface area (Å²) in [4.78, 5) is 44.5. The summed E-state index contributed by atoms with van der Waals surface area (Å²) in [5, 5.41) is 6.03. The van der Waals surface area contributed by atoms with Crippen molar-refractivity contribution in [2.45, 2.75) is 65.5 Å². The summed E-state index contributed by atoms with van der Waals surface area (Å²) < 4.78 is 5.46. The van der Waals surface area contributed by atoms with Crippen molar-refractivity contribution in [2.24, 2.45) is 0 Å². The molecule has 2 aliphatic rings. The van der Waals surface area contributed by atoms with Crippen molar-refractivity contribution < 1.29 is 19.1 Å². The van der Waals surface area contributed by atoms with Gasteiger partial charge in [0.1, 0.15) is 0 Å². The molecule has 1 atom stereocenters. The predicted octanol–water partition coefficient (Wildman–Crippen LogP) is 3.84. The minimum Gasteiger partial charge on any atom is -0.463 e. The standard InChI is InChI=1S/C28H43N5O4/c1-8-37-25(34)23-22(18-32-14-9-15-33(17-16-32)27(36)30-28(4,5)6)31(7)26(35)29-24(23)21-12-10-20(11-13-21)19(2)3/h10-13,19,24H,8-9,14-18H2,1-7H3,(H,29,35)(H,30,36)/t24-/m0/s1. The number of hydrogen-bond acceptors (Lipinski definition) is 5. The highest BCUT2D eigenvalue weighted by molar-refractivity contribution is 5.95. The molecule has 1 aromatic carbocycles. The Balaban J connectivity index is 1.89. The quantitative estimate of drug-likeness (QED) is 0.564. The van der Waals surface area contributed by atoms with Gasteiger partial charge >= 0.3 is 18.0 Å². The van der Waals surface area contributed by atoms with E-state index in [0.29, 0.717) is 43.4 Å². The summed E-state index contributed by atoms with van der Waals surface area (Å²) >= 11 is 0. The van der Waals surface area contributed by atoms with Crippen LogP contribution in [0.4, 0.5) is 9.59 Å². The van der Waals surface area contributed by atoms with Gasteiger partial charge in [0.2, 0.25) is 0 Å². The molecule has 0 aromatic heterocycles. The summed E-state index contributed by atoms with van der Waals surface area (Å²) in [6.07, 6.45) is 0.801. The maximum absolute atomic E-state index is 13.3. The van der Waals surface area contributed by atoms with E-state index in [1.54, 1.807) is 14.0 Å². The molecule has 0 unspecified atom stereocenters. The van der Waals surface area contributed by atoms with E-state index in [4.69, 9.17) is 4.74 Å². The van der Waals surface area contributed by atoms with Gasteiger partial charge in [-0.05, 0) is 51.2 Å². The van der Waals surface area contributed by atoms with Crippen LogP contribution in [0, 0.1) is 0 Å². The molecule has 0 radical (unpaired) electrons. The Bertz CT molecular complexity index is 1010. The predicted molar refractivity (Wildman–Crippen MR) is 144 cm³/mol. The number of nitrogens with one attached hydrogen (secondary N) is 2. The first-order valence-corrected chi connectivity index (χ1v) is 13.2. The van der Waals surface area contributed by atoms with E-state index in [-0.39, 0.29) is 24.2 Å². The van der Waals surface area contributed by atoms with E-state index >= 15 is 0 Å². The van der Waals surface area contributed by atoms with Crippen molar-refractivity contribution in [3.05, 3.63) is 46.7 Å². The monoisotopic (exact) mass is 513 g/mol. The Hall–Kier alpha value is -3.07. The molecule has 9 nitrogen and oxygen atoms in total. The van der Waals surface area contributed by atoms with Gasteiger partial charge in [0.25, 0.3) is 0 Å². The van der Waals surface area contributed by atoms with E-state index in [9.17, 15) is 14.4 Å². The topological polar surface area (TPSA) is 94.2 Å². The number of benzene rings is 1. The van der Waals surface area contributed by atoms with Gasteiger partial charge in [-0.15, -0.1) is 0 Å². The second-order valence-electron chi connectivity index (χ2n) is 11.1. The molecule has 204 valence electrons. The number of hydrogen-bond donors (Lipinski definition) is 2. The Labute approximate surface area is 221 Å². The number of ether oxygens (including phenoxy) is 1. The molecule has 2 N–H and O–H groups in total. The normalized spacial score (nSPS) is 19.6. The van der Waals surface area contributed by atoms with Crippen LogP contribution >= 0.6 is 0 Å². The summed E-state index contributed by atoms with van der Waals surface area (Å²) in [7, 11) is 1.68. The number of urea groups is 2. The third-order valence-electron chi connectivity index (χ3n) is 6.74. The highest BCUT2D eigenvalue weighted by Gasteiger charge is 2.37. The molecule has 0 bridgehead atoms. The van der Waals surface area contributed by atoms with Crippen molar-refractivity contribution in [1.29, 1.82) is 0 Å². The first-order chi connectivity index (χ1) is 17.4. The number of likely N-dealkylation sites (N-methyl/N-ethyl adjacent to an activating group) is 1. The zero-order valence-corrected chi connectivity index (χ0v) is 23.4.